The summed E-state index contributed by atoms with van der Waals surface area (Å²) in [7, 11) is 0. The molecule has 0 saturated heterocycles. The van der Waals surface area contributed by atoms with Crippen molar-refractivity contribution in [1.82, 2.24) is 4.98 Å². The molecule has 92 valence electrons. The van der Waals surface area contributed by atoms with E-state index in [1.807, 2.05) is 6.07 Å². The zero-order valence-corrected chi connectivity index (χ0v) is 12.1. The van der Waals surface area contributed by atoms with Crippen LogP contribution in [0.25, 0.3) is 16.5 Å². The average Bonchev–Trinajstić information content (AvgIpc) is 2.39. The van der Waals surface area contributed by atoms with Crippen molar-refractivity contribution in [3.63, 3.8) is 0 Å². The predicted octanol–water partition coefficient (Wildman–Crippen LogP) is 5.26. The van der Waals surface area contributed by atoms with Crippen molar-refractivity contribution in [3.05, 3.63) is 46.1 Å². The van der Waals surface area contributed by atoms with Crippen molar-refractivity contribution in [2.45, 2.75) is 32.6 Å². The van der Waals surface area contributed by atoms with Gasteiger partial charge in [0.25, 0.3) is 0 Å². The van der Waals surface area contributed by atoms with Gasteiger partial charge in [-0.25, -0.2) is 0 Å². The Labute approximate surface area is 116 Å². The van der Waals surface area contributed by atoms with Crippen molar-refractivity contribution < 1.29 is 0 Å². The van der Waals surface area contributed by atoms with Crippen molar-refractivity contribution in [1.29, 1.82) is 0 Å². The second-order valence-electron chi connectivity index (χ2n) is 4.93. The highest BCUT2D eigenvalue weighted by molar-refractivity contribution is 9.10. The monoisotopic (exact) mass is 301 g/mol. The van der Waals surface area contributed by atoms with E-state index in [-0.39, 0.29) is 0 Å². The fourth-order valence-corrected chi connectivity index (χ4v) is 3.03. The summed E-state index contributed by atoms with van der Waals surface area (Å²) in [5, 5.41) is 1.22. The molecule has 1 aromatic heterocycles. The summed E-state index contributed by atoms with van der Waals surface area (Å²) in [5.41, 5.74) is 5.04. The topological polar surface area (TPSA) is 12.9 Å². The van der Waals surface area contributed by atoms with Crippen LogP contribution in [0.4, 0.5) is 0 Å². The molecule has 3 rings (SSSR count). The number of rotatable bonds is 1. The normalized spacial score (nSPS) is 15.8. The Kier molecular flexibility index (Phi) is 3.21. The van der Waals surface area contributed by atoms with Crippen LogP contribution >= 0.6 is 15.9 Å². The van der Waals surface area contributed by atoms with Crippen LogP contribution in [0.15, 0.2) is 34.8 Å². The molecule has 2 heteroatoms. The van der Waals surface area contributed by atoms with Crippen molar-refractivity contribution in [3.8, 4) is 0 Å². The SMILES string of the molecule is Cc1nc2ccc(Br)cc2cc1C1=CCCCC1. The Morgan fingerprint density at radius 2 is 2.06 bits per heavy atom. The summed E-state index contributed by atoms with van der Waals surface area (Å²) >= 11 is 3.53. The molecular weight excluding hydrogens is 286 g/mol. The van der Waals surface area contributed by atoms with Gasteiger partial charge in [-0.15, -0.1) is 0 Å². The lowest BCUT2D eigenvalue weighted by Crippen LogP contribution is -1.97. The molecule has 1 heterocycles. The number of pyridine rings is 1. The molecule has 0 unspecified atom stereocenters. The Balaban J connectivity index is 2.16. The van der Waals surface area contributed by atoms with E-state index in [1.165, 1.54) is 42.2 Å². The molecule has 0 aliphatic heterocycles. The van der Waals surface area contributed by atoms with Crippen LogP contribution in [0.2, 0.25) is 0 Å². The van der Waals surface area contributed by atoms with Crippen molar-refractivity contribution in [2.24, 2.45) is 0 Å². The highest BCUT2D eigenvalue weighted by atomic mass is 79.9. The molecule has 0 radical (unpaired) electrons. The molecule has 18 heavy (non-hydrogen) atoms. The van der Waals surface area contributed by atoms with Crippen LogP contribution < -0.4 is 0 Å². The summed E-state index contributed by atoms with van der Waals surface area (Å²) in [6.07, 6.45) is 7.43. The molecule has 0 bridgehead atoms. The van der Waals surface area contributed by atoms with E-state index >= 15 is 0 Å². The maximum atomic E-state index is 4.73. The maximum absolute atomic E-state index is 4.73. The third-order valence-corrected chi connectivity index (χ3v) is 4.10. The lowest BCUT2D eigenvalue weighted by atomic mass is 9.92. The largest absolute Gasteiger partial charge is 0.253 e. The van der Waals surface area contributed by atoms with Crippen LogP contribution in [0.3, 0.4) is 0 Å². The first-order valence-corrected chi connectivity index (χ1v) is 7.30. The van der Waals surface area contributed by atoms with Gasteiger partial charge in [0.1, 0.15) is 0 Å². The summed E-state index contributed by atoms with van der Waals surface area (Å²) in [4.78, 5) is 4.73. The molecule has 2 aromatic rings. The van der Waals surface area contributed by atoms with Crippen LogP contribution in [0, 0.1) is 6.92 Å². The number of halogens is 1. The molecule has 0 saturated carbocycles. The van der Waals surface area contributed by atoms with E-state index in [0.717, 1.165) is 15.7 Å². The number of hydrogen-bond donors (Lipinski definition) is 0. The first kappa shape index (κ1) is 11.9. The molecule has 0 N–H and O–H groups in total. The van der Waals surface area contributed by atoms with Gasteiger partial charge < -0.3 is 0 Å². The Morgan fingerprint density at radius 3 is 2.83 bits per heavy atom. The van der Waals surface area contributed by atoms with Crippen LogP contribution in [-0.4, -0.2) is 4.98 Å². The second-order valence-corrected chi connectivity index (χ2v) is 5.85. The van der Waals surface area contributed by atoms with Crippen molar-refractivity contribution in [2.75, 3.05) is 0 Å². The molecule has 0 atom stereocenters. The summed E-state index contributed by atoms with van der Waals surface area (Å²) in [6, 6.07) is 8.56. The molecule has 1 nitrogen and oxygen atoms in total. The number of aromatic nitrogens is 1. The number of aryl methyl sites for hydroxylation is 1. The molecular formula is C16H16BrN. The minimum Gasteiger partial charge on any atom is -0.253 e. The first-order valence-electron chi connectivity index (χ1n) is 6.50. The van der Waals surface area contributed by atoms with Crippen LogP contribution in [0.1, 0.15) is 36.9 Å². The molecule has 1 aromatic carbocycles. The zero-order chi connectivity index (χ0) is 12.5. The van der Waals surface area contributed by atoms with E-state index in [1.54, 1.807) is 0 Å². The van der Waals surface area contributed by atoms with Gasteiger partial charge in [-0.2, -0.15) is 0 Å². The maximum Gasteiger partial charge on any atom is 0.0706 e. The smallest absolute Gasteiger partial charge is 0.0706 e. The molecule has 0 fully saturated rings. The van der Waals surface area contributed by atoms with Gasteiger partial charge in [0.15, 0.2) is 0 Å². The third kappa shape index (κ3) is 2.22. The highest BCUT2D eigenvalue weighted by Gasteiger charge is 2.11. The Bertz CT molecular complexity index is 628. The van der Waals surface area contributed by atoms with Gasteiger partial charge >= 0.3 is 0 Å². The van der Waals surface area contributed by atoms with Gasteiger partial charge in [-0.1, -0.05) is 22.0 Å². The number of fused-ring (bicyclic) bond motifs is 1. The molecule has 0 spiro atoms. The molecule has 1 aliphatic rings. The number of allylic oxidation sites excluding steroid dienone is 2. The highest BCUT2D eigenvalue weighted by Crippen LogP contribution is 2.30. The van der Waals surface area contributed by atoms with E-state index in [4.69, 9.17) is 4.98 Å². The van der Waals surface area contributed by atoms with Crippen LogP contribution in [-0.2, 0) is 0 Å². The van der Waals surface area contributed by atoms with Gasteiger partial charge in [-0.05, 0) is 68.0 Å². The first-order chi connectivity index (χ1) is 8.74. The zero-order valence-electron chi connectivity index (χ0n) is 10.5. The number of nitrogens with zero attached hydrogens (tertiary/aromatic N) is 1. The fraction of sp³-hybridized carbons (Fsp3) is 0.312. The molecule has 1 aliphatic carbocycles. The van der Waals surface area contributed by atoms with Crippen molar-refractivity contribution >= 4 is 32.4 Å². The van der Waals surface area contributed by atoms with E-state index in [2.05, 4.69) is 47.1 Å². The fourth-order valence-electron chi connectivity index (χ4n) is 2.65. The Hall–Kier alpha value is -1.15. The summed E-state index contributed by atoms with van der Waals surface area (Å²) in [6.45, 7) is 2.12. The minimum atomic E-state index is 1.08. The lowest BCUT2D eigenvalue weighted by molar-refractivity contribution is 0.741. The minimum absolute atomic E-state index is 1.08. The van der Waals surface area contributed by atoms with Gasteiger partial charge in [0.2, 0.25) is 0 Å². The van der Waals surface area contributed by atoms with Gasteiger partial charge in [0, 0.05) is 15.6 Å². The lowest BCUT2D eigenvalue weighted by Gasteiger charge is -2.15. The summed E-state index contributed by atoms with van der Waals surface area (Å²) in [5.74, 6) is 0. The van der Waals surface area contributed by atoms with E-state index < -0.39 is 0 Å². The summed E-state index contributed by atoms with van der Waals surface area (Å²) < 4.78 is 1.12. The van der Waals surface area contributed by atoms with Crippen LogP contribution in [0.5, 0.6) is 0 Å². The Morgan fingerprint density at radius 1 is 1.17 bits per heavy atom. The number of benzene rings is 1. The van der Waals surface area contributed by atoms with E-state index in [9.17, 15) is 0 Å². The second kappa shape index (κ2) is 4.85. The quantitative estimate of drug-likeness (QED) is 0.700. The van der Waals surface area contributed by atoms with E-state index in [0.29, 0.717) is 0 Å². The van der Waals surface area contributed by atoms with Gasteiger partial charge in [-0.3, -0.25) is 4.98 Å². The third-order valence-electron chi connectivity index (χ3n) is 3.60. The number of hydrogen-bond acceptors (Lipinski definition) is 1. The molecule has 0 amide bonds. The average molecular weight is 302 g/mol. The van der Waals surface area contributed by atoms with Gasteiger partial charge in [0.05, 0.1) is 5.52 Å². The standard InChI is InChI=1S/C16H16BrN/c1-11-15(12-5-3-2-4-6-12)10-13-9-14(17)7-8-16(13)18-11/h5,7-10H,2-4,6H2,1H3. The predicted molar refractivity (Wildman–Crippen MR) is 80.6 cm³/mol.